The molecule has 0 heterocycles. The highest BCUT2D eigenvalue weighted by Crippen LogP contribution is 2.43. The number of carbonyl (C=O) groups is 1. The van der Waals surface area contributed by atoms with Gasteiger partial charge in [-0.3, -0.25) is 13.8 Å². The Morgan fingerprint density at radius 2 is 0.742 bits per heavy atom. The predicted molar refractivity (Wildman–Crippen MR) is 266 cm³/mol. The molecule has 1 N–H and O–H groups in total. The molecule has 0 fully saturated rings. The Kier molecular flexibility index (Phi) is 46.6. The van der Waals surface area contributed by atoms with Crippen LogP contribution >= 0.6 is 7.82 Å². The topological polar surface area (TPSA) is 91.3 Å². The van der Waals surface area contributed by atoms with Gasteiger partial charge in [0.15, 0.2) is 0 Å². The van der Waals surface area contributed by atoms with Crippen LogP contribution in [0.25, 0.3) is 0 Å². The van der Waals surface area contributed by atoms with E-state index in [9.17, 15) is 14.3 Å². The first-order valence-corrected chi connectivity index (χ1v) is 28.8. The average Bonchev–Trinajstić information content (AvgIpc) is 3.23. The van der Waals surface area contributed by atoms with Crippen LogP contribution in [0.4, 0.5) is 0 Å². The summed E-state index contributed by atoms with van der Waals surface area (Å²) >= 11 is 0. The second-order valence-electron chi connectivity index (χ2n) is 20.0. The second kappa shape index (κ2) is 47.0. The SMILES string of the molecule is CCCCCCCCCCCCCCCCCCCCCCCCC(=O)O[C@H](COCCCCCCCCCCCCCCCCCCCC)COP(=O)(O)OCC[N+](C)(C)C. The van der Waals surface area contributed by atoms with Crippen LogP contribution in [0, 0.1) is 0 Å². The van der Waals surface area contributed by atoms with Crippen molar-refractivity contribution in [2.24, 2.45) is 0 Å². The Labute approximate surface area is 387 Å². The lowest BCUT2D eigenvalue weighted by molar-refractivity contribution is -0.870. The van der Waals surface area contributed by atoms with Gasteiger partial charge in [-0.2, -0.15) is 0 Å². The number of phosphoric ester groups is 1. The molecule has 0 rings (SSSR count). The van der Waals surface area contributed by atoms with Crippen LogP contribution in [0.2, 0.25) is 0 Å². The summed E-state index contributed by atoms with van der Waals surface area (Å²) in [6, 6.07) is 0. The summed E-state index contributed by atoms with van der Waals surface area (Å²) in [4.78, 5) is 23.0. The van der Waals surface area contributed by atoms with E-state index >= 15 is 0 Å². The second-order valence-corrected chi connectivity index (χ2v) is 21.4. The van der Waals surface area contributed by atoms with E-state index in [4.69, 9.17) is 18.5 Å². The third-order valence-electron chi connectivity index (χ3n) is 12.4. The Bertz CT molecular complexity index is 961. The zero-order chi connectivity index (χ0) is 45.5. The van der Waals surface area contributed by atoms with E-state index in [0.717, 1.165) is 32.1 Å². The molecule has 0 saturated heterocycles. The molecule has 372 valence electrons. The van der Waals surface area contributed by atoms with E-state index in [1.54, 1.807) is 0 Å². The summed E-state index contributed by atoms with van der Waals surface area (Å²) in [5.74, 6) is -0.303. The van der Waals surface area contributed by atoms with E-state index in [1.165, 1.54) is 225 Å². The van der Waals surface area contributed by atoms with Gasteiger partial charge in [0.2, 0.25) is 0 Å². The van der Waals surface area contributed by atoms with Gasteiger partial charge in [-0.15, -0.1) is 0 Å². The van der Waals surface area contributed by atoms with Crippen LogP contribution in [-0.4, -0.2) is 75.6 Å². The van der Waals surface area contributed by atoms with Gasteiger partial charge < -0.3 is 18.9 Å². The number of rotatable bonds is 52. The van der Waals surface area contributed by atoms with E-state index in [0.29, 0.717) is 24.1 Å². The van der Waals surface area contributed by atoms with Gasteiger partial charge in [-0.05, 0) is 12.8 Å². The highest BCUT2D eigenvalue weighted by Gasteiger charge is 2.26. The summed E-state index contributed by atoms with van der Waals surface area (Å²) in [5.41, 5.74) is 0. The molecular weight excluding hydrogens is 794 g/mol. The molecule has 0 saturated carbocycles. The van der Waals surface area contributed by atoms with E-state index < -0.39 is 13.9 Å². The van der Waals surface area contributed by atoms with Gasteiger partial charge in [-0.25, -0.2) is 4.57 Å². The minimum atomic E-state index is -4.27. The third kappa shape index (κ3) is 50.5. The van der Waals surface area contributed by atoms with Gasteiger partial charge in [0.25, 0.3) is 0 Å². The standard InChI is InChI=1S/C53H108NO7P/c1-6-8-10-12-14-16-18-20-22-24-26-27-28-29-30-32-34-36-38-40-42-44-46-53(55)61-52(51-60-62(56,57)59-49-47-54(3,4)5)50-58-48-45-43-41-39-37-35-33-31-25-23-21-19-17-15-13-11-9-7-2/h52H,6-51H2,1-5H3/p+1/t52-/m1/s1. The van der Waals surface area contributed by atoms with Gasteiger partial charge in [-0.1, -0.05) is 258 Å². The van der Waals surface area contributed by atoms with Crippen molar-refractivity contribution < 1.29 is 37.3 Å². The molecule has 0 aromatic rings. The number of hydrogen-bond donors (Lipinski definition) is 1. The van der Waals surface area contributed by atoms with Crippen LogP contribution in [0.15, 0.2) is 0 Å². The van der Waals surface area contributed by atoms with Gasteiger partial charge in [0, 0.05) is 13.0 Å². The van der Waals surface area contributed by atoms with Crippen LogP contribution in [0.3, 0.4) is 0 Å². The van der Waals surface area contributed by atoms with E-state index in [-0.39, 0.29) is 25.8 Å². The molecule has 0 spiro atoms. The van der Waals surface area contributed by atoms with Crippen molar-refractivity contribution in [3.8, 4) is 0 Å². The number of likely N-dealkylation sites (N-methyl/N-ethyl adjacent to an activating group) is 1. The Morgan fingerprint density at radius 1 is 0.435 bits per heavy atom. The van der Waals surface area contributed by atoms with Crippen molar-refractivity contribution in [1.29, 1.82) is 0 Å². The van der Waals surface area contributed by atoms with Crippen LogP contribution in [0.1, 0.15) is 277 Å². The zero-order valence-electron chi connectivity index (χ0n) is 42.4. The molecule has 2 atom stereocenters. The number of quaternary nitrogens is 1. The molecule has 0 bridgehead atoms. The monoisotopic (exact) mass is 903 g/mol. The molecule has 9 heteroatoms. The Balaban J connectivity index is 4.04. The fraction of sp³-hybridized carbons (Fsp3) is 0.981. The first-order valence-electron chi connectivity index (χ1n) is 27.3. The lowest BCUT2D eigenvalue weighted by atomic mass is 10.0. The van der Waals surface area contributed by atoms with Crippen LogP contribution in [-0.2, 0) is 27.9 Å². The summed E-state index contributed by atoms with van der Waals surface area (Å²) in [6.45, 7) is 5.71. The fourth-order valence-corrected chi connectivity index (χ4v) is 8.95. The van der Waals surface area contributed by atoms with Crippen molar-refractivity contribution in [3.05, 3.63) is 0 Å². The number of phosphoric acid groups is 1. The quantitative estimate of drug-likeness (QED) is 0.0281. The predicted octanol–water partition coefficient (Wildman–Crippen LogP) is 16.8. The molecule has 8 nitrogen and oxygen atoms in total. The lowest BCUT2D eigenvalue weighted by Crippen LogP contribution is -2.37. The van der Waals surface area contributed by atoms with E-state index in [2.05, 4.69) is 13.8 Å². The number of nitrogens with zero attached hydrogens (tertiary/aromatic N) is 1. The largest absolute Gasteiger partial charge is 0.472 e. The minimum absolute atomic E-state index is 0.0943. The number of esters is 1. The van der Waals surface area contributed by atoms with Crippen molar-refractivity contribution >= 4 is 13.8 Å². The van der Waals surface area contributed by atoms with Crippen molar-refractivity contribution in [3.63, 3.8) is 0 Å². The first-order chi connectivity index (χ1) is 30.1. The molecule has 0 aliphatic heterocycles. The molecule has 0 radical (unpaired) electrons. The van der Waals surface area contributed by atoms with Gasteiger partial charge >= 0.3 is 13.8 Å². The lowest BCUT2D eigenvalue weighted by Gasteiger charge is -2.24. The molecule has 1 unspecified atom stereocenters. The van der Waals surface area contributed by atoms with E-state index in [1.807, 2.05) is 21.1 Å². The summed E-state index contributed by atoms with van der Waals surface area (Å²) in [7, 11) is 1.69. The highest BCUT2D eigenvalue weighted by molar-refractivity contribution is 7.47. The Hall–Kier alpha value is -0.500. The Morgan fingerprint density at radius 3 is 1.06 bits per heavy atom. The molecular formula is C53H109NO7P+. The van der Waals surface area contributed by atoms with Crippen LogP contribution < -0.4 is 0 Å². The molecule has 0 aliphatic rings. The molecule has 0 amide bonds. The van der Waals surface area contributed by atoms with Crippen molar-refractivity contribution in [2.45, 2.75) is 283 Å². The smallest absolute Gasteiger partial charge is 0.457 e. The normalized spacial score (nSPS) is 13.5. The number of carbonyl (C=O) groups excluding carboxylic acids is 1. The maximum atomic E-state index is 12.8. The fourth-order valence-electron chi connectivity index (χ4n) is 8.20. The first kappa shape index (κ1) is 61.5. The van der Waals surface area contributed by atoms with Gasteiger partial charge in [0.05, 0.1) is 34.4 Å². The van der Waals surface area contributed by atoms with Crippen molar-refractivity contribution in [1.82, 2.24) is 0 Å². The highest BCUT2D eigenvalue weighted by atomic mass is 31.2. The molecule has 0 aromatic carbocycles. The minimum Gasteiger partial charge on any atom is -0.457 e. The maximum absolute atomic E-state index is 12.8. The molecule has 0 aliphatic carbocycles. The summed E-state index contributed by atoms with van der Waals surface area (Å²) in [6.07, 6.45) is 53.0. The van der Waals surface area contributed by atoms with Crippen LogP contribution in [0.5, 0.6) is 0 Å². The number of hydrogen-bond acceptors (Lipinski definition) is 6. The number of ether oxygens (including phenoxy) is 2. The number of unbranched alkanes of at least 4 members (excludes halogenated alkanes) is 38. The summed E-state index contributed by atoms with van der Waals surface area (Å²) in [5, 5.41) is 0. The molecule has 62 heavy (non-hydrogen) atoms. The average molecular weight is 903 g/mol. The maximum Gasteiger partial charge on any atom is 0.472 e. The van der Waals surface area contributed by atoms with Crippen molar-refractivity contribution in [2.75, 3.05) is 54.1 Å². The zero-order valence-corrected chi connectivity index (χ0v) is 43.3. The molecule has 0 aromatic heterocycles. The summed E-state index contributed by atoms with van der Waals surface area (Å²) < 4.78 is 35.2. The van der Waals surface area contributed by atoms with Gasteiger partial charge in [0.1, 0.15) is 19.3 Å². The third-order valence-corrected chi connectivity index (χ3v) is 13.4.